The quantitative estimate of drug-likeness (QED) is 0.417. The normalized spacial score (nSPS) is 10.5. The van der Waals surface area contributed by atoms with Crippen molar-refractivity contribution in [3.05, 3.63) is 58.3 Å². The molecule has 2 rings (SSSR count). The largest absolute Gasteiger partial charge is 0.354 e. The summed E-state index contributed by atoms with van der Waals surface area (Å²) < 4.78 is 13.3. The van der Waals surface area contributed by atoms with E-state index < -0.39 is 11.8 Å². The minimum absolute atomic E-state index is 0.0462. The number of nitrogens with one attached hydrogen (secondary N) is 2. The molecule has 0 saturated heterocycles. The second-order valence-electron chi connectivity index (χ2n) is 6.85. The Balaban J connectivity index is 2.00. The van der Waals surface area contributed by atoms with Gasteiger partial charge in [-0.3, -0.25) is 9.69 Å². The Bertz CT molecular complexity index is 847. The van der Waals surface area contributed by atoms with E-state index in [2.05, 4.69) is 17.6 Å². The summed E-state index contributed by atoms with van der Waals surface area (Å²) in [6, 6.07) is 9.91. The number of hydrogen-bond donors (Lipinski definition) is 2. The number of rotatable bonds is 10. The number of halogens is 3. The highest BCUT2D eigenvalue weighted by atomic mass is 35.5. The number of carbonyl (C=O) groups is 2. The second kappa shape index (κ2) is 12.4. The molecule has 0 spiro atoms. The van der Waals surface area contributed by atoms with Gasteiger partial charge in [0.25, 0.3) is 0 Å². The number of anilines is 2. The predicted octanol–water partition coefficient (Wildman–Crippen LogP) is 6.26. The van der Waals surface area contributed by atoms with E-state index in [9.17, 15) is 14.0 Å². The van der Waals surface area contributed by atoms with Crippen LogP contribution in [0.3, 0.4) is 0 Å². The number of nitrogens with zero attached hydrogens (tertiary/aromatic N) is 1. The van der Waals surface area contributed by atoms with E-state index in [4.69, 9.17) is 23.2 Å². The van der Waals surface area contributed by atoms with Crippen molar-refractivity contribution in [2.45, 2.75) is 39.0 Å². The molecule has 0 heterocycles. The van der Waals surface area contributed by atoms with Crippen LogP contribution in [0.25, 0.3) is 0 Å². The molecule has 0 aliphatic carbocycles. The van der Waals surface area contributed by atoms with Crippen LogP contribution in [0.15, 0.2) is 42.5 Å². The summed E-state index contributed by atoms with van der Waals surface area (Å²) in [7, 11) is 0. The lowest BCUT2D eigenvalue weighted by molar-refractivity contribution is -0.121. The zero-order valence-corrected chi connectivity index (χ0v) is 18.4. The van der Waals surface area contributed by atoms with E-state index in [-0.39, 0.29) is 19.0 Å². The first-order valence-corrected chi connectivity index (χ1v) is 10.7. The van der Waals surface area contributed by atoms with Crippen molar-refractivity contribution in [2.24, 2.45) is 0 Å². The molecule has 0 radical (unpaired) electrons. The van der Waals surface area contributed by atoms with Crippen LogP contribution in [0.1, 0.15) is 39.0 Å². The van der Waals surface area contributed by atoms with E-state index in [0.717, 1.165) is 25.7 Å². The fourth-order valence-corrected chi connectivity index (χ4v) is 3.14. The van der Waals surface area contributed by atoms with Crippen molar-refractivity contribution in [3.63, 3.8) is 0 Å². The third-order valence-corrected chi connectivity index (χ3v) is 5.21. The van der Waals surface area contributed by atoms with Gasteiger partial charge in [-0.15, -0.1) is 0 Å². The zero-order chi connectivity index (χ0) is 21.9. The van der Waals surface area contributed by atoms with Crippen LogP contribution in [0, 0.1) is 5.82 Å². The molecule has 0 atom stereocenters. The van der Waals surface area contributed by atoms with Crippen LogP contribution in [-0.2, 0) is 4.79 Å². The fourth-order valence-electron chi connectivity index (χ4n) is 2.84. The molecule has 0 aliphatic rings. The second-order valence-corrected chi connectivity index (χ2v) is 7.66. The molecule has 162 valence electrons. The molecule has 0 aliphatic heterocycles. The highest BCUT2D eigenvalue weighted by molar-refractivity contribution is 6.42. The Morgan fingerprint density at radius 3 is 2.40 bits per heavy atom. The smallest absolute Gasteiger partial charge is 0.326 e. The molecule has 2 N–H and O–H groups in total. The Morgan fingerprint density at radius 1 is 1.00 bits per heavy atom. The van der Waals surface area contributed by atoms with Crippen LogP contribution in [0.5, 0.6) is 0 Å². The van der Waals surface area contributed by atoms with Gasteiger partial charge in [0.2, 0.25) is 5.91 Å². The summed E-state index contributed by atoms with van der Waals surface area (Å²) in [5, 5.41) is 6.28. The molecule has 3 amide bonds. The molecule has 0 bridgehead atoms. The van der Waals surface area contributed by atoms with E-state index in [1.54, 1.807) is 18.2 Å². The number of benzene rings is 2. The Morgan fingerprint density at radius 2 is 1.73 bits per heavy atom. The van der Waals surface area contributed by atoms with Crippen LogP contribution in [0.4, 0.5) is 20.6 Å². The van der Waals surface area contributed by atoms with Crippen LogP contribution in [0.2, 0.25) is 10.0 Å². The lowest BCUT2D eigenvalue weighted by Gasteiger charge is -2.23. The van der Waals surface area contributed by atoms with Crippen LogP contribution >= 0.6 is 23.2 Å². The average molecular weight is 454 g/mol. The molecule has 2 aromatic carbocycles. The Labute approximate surface area is 186 Å². The van der Waals surface area contributed by atoms with Gasteiger partial charge in [0.1, 0.15) is 5.82 Å². The predicted molar refractivity (Wildman–Crippen MR) is 121 cm³/mol. The van der Waals surface area contributed by atoms with Gasteiger partial charge in [0.15, 0.2) is 0 Å². The summed E-state index contributed by atoms with van der Waals surface area (Å²) in [6.45, 7) is 2.62. The van der Waals surface area contributed by atoms with E-state index in [1.165, 1.54) is 29.2 Å². The van der Waals surface area contributed by atoms with Crippen LogP contribution in [-0.4, -0.2) is 25.0 Å². The first-order chi connectivity index (χ1) is 14.4. The number of hydrogen-bond acceptors (Lipinski definition) is 2. The highest BCUT2D eigenvalue weighted by Gasteiger charge is 2.17. The standard InChI is InChI=1S/C22H26Cl2FN3O2/c1-2-3-4-5-6-21(29)26-13-14-28(18-10-7-16(25)8-11-18)22(30)27-17-9-12-19(23)20(24)15-17/h7-12,15H,2-6,13-14H2,1H3,(H,26,29)(H,27,30). The summed E-state index contributed by atoms with van der Waals surface area (Å²) in [5.74, 6) is -0.445. The molecule has 30 heavy (non-hydrogen) atoms. The maximum atomic E-state index is 13.3. The summed E-state index contributed by atoms with van der Waals surface area (Å²) >= 11 is 11.9. The third-order valence-electron chi connectivity index (χ3n) is 4.47. The van der Waals surface area contributed by atoms with Crippen molar-refractivity contribution in [2.75, 3.05) is 23.3 Å². The third kappa shape index (κ3) is 7.84. The van der Waals surface area contributed by atoms with Gasteiger partial charge in [-0.1, -0.05) is 49.4 Å². The fraction of sp³-hybridized carbons (Fsp3) is 0.364. The van der Waals surface area contributed by atoms with Crippen molar-refractivity contribution < 1.29 is 14.0 Å². The summed E-state index contributed by atoms with van der Waals surface area (Å²) in [5.41, 5.74) is 0.979. The molecule has 0 aromatic heterocycles. The topological polar surface area (TPSA) is 61.4 Å². The van der Waals surface area contributed by atoms with Crippen molar-refractivity contribution in [1.82, 2.24) is 5.32 Å². The maximum Gasteiger partial charge on any atom is 0.326 e. The van der Waals surface area contributed by atoms with E-state index in [0.29, 0.717) is 27.8 Å². The first kappa shape index (κ1) is 24.0. The average Bonchev–Trinajstić information content (AvgIpc) is 2.72. The molecule has 0 fully saturated rings. The first-order valence-electron chi connectivity index (χ1n) is 9.96. The van der Waals surface area contributed by atoms with E-state index in [1.807, 2.05) is 0 Å². The molecule has 8 heteroatoms. The number of unbranched alkanes of at least 4 members (excludes halogenated alkanes) is 3. The molecule has 0 saturated carbocycles. The van der Waals surface area contributed by atoms with E-state index >= 15 is 0 Å². The molecule has 5 nitrogen and oxygen atoms in total. The minimum Gasteiger partial charge on any atom is -0.354 e. The van der Waals surface area contributed by atoms with Gasteiger partial charge >= 0.3 is 6.03 Å². The van der Waals surface area contributed by atoms with Crippen molar-refractivity contribution in [1.29, 1.82) is 0 Å². The monoisotopic (exact) mass is 453 g/mol. The Hall–Kier alpha value is -2.31. The van der Waals surface area contributed by atoms with Crippen molar-refractivity contribution in [3.8, 4) is 0 Å². The van der Waals surface area contributed by atoms with Crippen molar-refractivity contribution >= 4 is 46.5 Å². The lowest BCUT2D eigenvalue weighted by Crippen LogP contribution is -2.41. The van der Waals surface area contributed by atoms with Gasteiger partial charge in [-0.05, 0) is 48.9 Å². The van der Waals surface area contributed by atoms with Gasteiger partial charge < -0.3 is 10.6 Å². The van der Waals surface area contributed by atoms with Crippen LogP contribution < -0.4 is 15.5 Å². The summed E-state index contributed by atoms with van der Waals surface area (Å²) in [4.78, 5) is 26.3. The van der Waals surface area contributed by atoms with Gasteiger partial charge in [0.05, 0.1) is 10.0 Å². The zero-order valence-electron chi connectivity index (χ0n) is 16.9. The van der Waals surface area contributed by atoms with Gasteiger partial charge in [-0.25, -0.2) is 9.18 Å². The molecule has 2 aromatic rings. The molecular formula is C22H26Cl2FN3O2. The molecule has 0 unspecified atom stereocenters. The van der Waals surface area contributed by atoms with Gasteiger partial charge in [0, 0.05) is 30.9 Å². The number of carbonyl (C=O) groups excluding carboxylic acids is 2. The number of amides is 3. The minimum atomic E-state index is -0.433. The Kier molecular flexibility index (Phi) is 9.91. The summed E-state index contributed by atoms with van der Waals surface area (Å²) in [6.07, 6.45) is 4.56. The lowest BCUT2D eigenvalue weighted by atomic mass is 10.1. The number of urea groups is 1. The SMILES string of the molecule is CCCCCCC(=O)NCCN(C(=O)Nc1ccc(Cl)c(Cl)c1)c1ccc(F)cc1. The van der Waals surface area contributed by atoms with Gasteiger partial charge in [-0.2, -0.15) is 0 Å². The molecular weight excluding hydrogens is 428 g/mol. The highest BCUT2D eigenvalue weighted by Crippen LogP contribution is 2.25. The maximum absolute atomic E-state index is 13.3.